The molecule has 0 aromatic carbocycles. The maximum atomic E-state index is 11.8. The molecular weight excluding hydrogens is 230 g/mol. The molecule has 106 valence electrons. The molecule has 1 aliphatic carbocycles. The van der Waals surface area contributed by atoms with Crippen LogP contribution in [0, 0.1) is 5.92 Å². The van der Waals surface area contributed by atoms with Crippen LogP contribution in [0.4, 0.5) is 0 Å². The highest BCUT2D eigenvalue weighted by Gasteiger charge is 2.23. The first-order valence-electron chi connectivity index (χ1n) is 7.04. The lowest BCUT2D eigenvalue weighted by molar-refractivity contribution is -0.139. The molecule has 0 aromatic heterocycles. The molecule has 0 heterocycles. The number of aliphatic hydroxyl groups is 1. The number of rotatable bonds is 6. The lowest BCUT2D eigenvalue weighted by Gasteiger charge is -2.29. The van der Waals surface area contributed by atoms with Crippen LogP contribution in [0.2, 0.25) is 0 Å². The number of ether oxygens (including phenoxy) is 1. The Labute approximate surface area is 110 Å². The largest absolute Gasteiger partial charge is 0.393 e. The molecule has 0 spiro atoms. The molecule has 1 rings (SSSR count). The number of likely N-dealkylation sites (N-methyl/N-ethyl adjacent to an activating group) is 1. The van der Waals surface area contributed by atoms with Gasteiger partial charge in [0.1, 0.15) is 6.61 Å². The third kappa shape index (κ3) is 5.36. The van der Waals surface area contributed by atoms with Crippen molar-refractivity contribution in [1.82, 2.24) is 4.90 Å². The van der Waals surface area contributed by atoms with Crippen LogP contribution in [0.25, 0.3) is 0 Å². The Bertz CT molecular complexity index is 255. The van der Waals surface area contributed by atoms with Crippen LogP contribution in [-0.2, 0) is 9.53 Å². The number of amides is 1. The van der Waals surface area contributed by atoms with Gasteiger partial charge in [-0.2, -0.15) is 0 Å². The Hall–Kier alpha value is -0.610. The van der Waals surface area contributed by atoms with E-state index < -0.39 is 0 Å². The topological polar surface area (TPSA) is 49.8 Å². The lowest BCUT2D eigenvalue weighted by atomic mass is 9.88. The lowest BCUT2D eigenvalue weighted by Crippen LogP contribution is -2.35. The van der Waals surface area contributed by atoms with E-state index in [1.165, 1.54) is 19.3 Å². The highest BCUT2D eigenvalue weighted by Crippen LogP contribution is 2.26. The van der Waals surface area contributed by atoms with E-state index in [-0.39, 0.29) is 24.7 Å². The molecule has 4 heteroatoms. The summed E-state index contributed by atoms with van der Waals surface area (Å²) in [6.07, 6.45) is 5.27. The zero-order chi connectivity index (χ0) is 13.5. The van der Waals surface area contributed by atoms with Gasteiger partial charge in [-0.25, -0.2) is 0 Å². The molecule has 0 radical (unpaired) electrons. The van der Waals surface area contributed by atoms with Gasteiger partial charge in [0.2, 0.25) is 5.91 Å². The minimum atomic E-state index is -0.362. The highest BCUT2D eigenvalue weighted by molar-refractivity contribution is 5.77. The minimum absolute atomic E-state index is 0.00780. The van der Waals surface area contributed by atoms with E-state index in [0.717, 1.165) is 6.42 Å². The van der Waals surface area contributed by atoms with Crippen molar-refractivity contribution in [2.24, 2.45) is 5.92 Å². The van der Waals surface area contributed by atoms with Crippen LogP contribution in [-0.4, -0.2) is 48.3 Å². The Morgan fingerprint density at radius 1 is 1.44 bits per heavy atom. The predicted molar refractivity (Wildman–Crippen MR) is 71.3 cm³/mol. The second-order valence-corrected chi connectivity index (χ2v) is 5.56. The number of aliphatic hydroxyl groups excluding tert-OH is 1. The number of carbonyl (C=O) groups excluding carboxylic acids is 1. The molecule has 1 fully saturated rings. The molecule has 0 aliphatic heterocycles. The second kappa shape index (κ2) is 7.74. The SMILES string of the molecule is CC(O)CCN(C)C(=O)COC1CCCCC1C. The summed E-state index contributed by atoms with van der Waals surface area (Å²) < 4.78 is 5.73. The quantitative estimate of drug-likeness (QED) is 0.789. The third-order valence-electron chi connectivity index (χ3n) is 3.76. The molecule has 1 aliphatic rings. The molecule has 1 amide bonds. The van der Waals surface area contributed by atoms with Crippen molar-refractivity contribution >= 4 is 5.91 Å². The Morgan fingerprint density at radius 3 is 2.72 bits per heavy atom. The summed E-state index contributed by atoms with van der Waals surface area (Å²) in [5.74, 6) is 0.572. The molecule has 3 unspecified atom stereocenters. The van der Waals surface area contributed by atoms with E-state index in [1.807, 2.05) is 0 Å². The summed E-state index contributed by atoms with van der Waals surface area (Å²) in [7, 11) is 1.76. The zero-order valence-corrected chi connectivity index (χ0v) is 11.9. The number of hydrogen-bond acceptors (Lipinski definition) is 3. The Balaban J connectivity index is 2.22. The van der Waals surface area contributed by atoms with Crippen LogP contribution in [0.15, 0.2) is 0 Å². The normalized spacial score (nSPS) is 25.8. The van der Waals surface area contributed by atoms with E-state index in [9.17, 15) is 9.90 Å². The fourth-order valence-corrected chi connectivity index (χ4v) is 2.32. The van der Waals surface area contributed by atoms with Crippen molar-refractivity contribution in [2.75, 3.05) is 20.2 Å². The van der Waals surface area contributed by atoms with Crippen LogP contribution in [0.1, 0.15) is 46.0 Å². The fourth-order valence-electron chi connectivity index (χ4n) is 2.32. The second-order valence-electron chi connectivity index (χ2n) is 5.56. The van der Waals surface area contributed by atoms with Gasteiger partial charge in [0, 0.05) is 13.6 Å². The van der Waals surface area contributed by atoms with Gasteiger partial charge in [0.25, 0.3) is 0 Å². The van der Waals surface area contributed by atoms with Gasteiger partial charge in [0.05, 0.1) is 12.2 Å². The molecule has 0 aromatic rings. The predicted octanol–water partition coefficient (Wildman–Crippen LogP) is 1.81. The average molecular weight is 257 g/mol. The summed E-state index contributed by atoms with van der Waals surface area (Å²) in [6, 6.07) is 0. The van der Waals surface area contributed by atoms with Crippen molar-refractivity contribution in [2.45, 2.75) is 58.2 Å². The average Bonchev–Trinajstić information content (AvgIpc) is 2.34. The zero-order valence-electron chi connectivity index (χ0n) is 11.9. The van der Waals surface area contributed by atoms with Gasteiger partial charge < -0.3 is 14.7 Å². The summed E-state index contributed by atoms with van der Waals surface area (Å²) in [5.41, 5.74) is 0. The molecule has 3 atom stereocenters. The molecular formula is C14H27NO3. The summed E-state index contributed by atoms with van der Waals surface area (Å²) >= 11 is 0. The van der Waals surface area contributed by atoms with Crippen molar-refractivity contribution in [3.8, 4) is 0 Å². The smallest absolute Gasteiger partial charge is 0.248 e. The standard InChI is InChI=1S/C14H27NO3/c1-11-6-4-5-7-13(11)18-10-14(17)15(3)9-8-12(2)16/h11-13,16H,4-10H2,1-3H3. The molecule has 1 N–H and O–H groups in total. The monoisotopic (exact) mass is 257 g/mol. The first kappa shape index (κ1) is 15.4. The maximum absolute atomic E-state index is 11.8. The Kier molecular flexibility index (Phi) is 6.65. The number of hydrogen-bond donors (Lipinski definition) is 1. The van der Waals surface area contributed by atoms with Gasteiger partial charge >= 0.3 is 0 Å². The third-order valence-corrected chi connectivity index (χ3v) is 3.76. The van der Waals surface area contributed by atoms with E-state index in [2.05, 4.69) is 6.92 Å². The summed E-state index contributed by atoms with van der Waals surface area (Å²) in [4.78, 5) is 13.5. The van der Waals surface area contributed by atoms with Gasteiger partial charge in [0.15, 0.2) is 0 Å². The number of nitrogens with zero attached hydrogens (tertiary/aromatic N) is 1. The molecule has 18 heavy (non-hydrogen) atoms. The van der Waals surface area contributed by atoms with E-state index >= 15 is 0 Å². The molecule has 4 nitrogen and oxygen atoms in total. The summed E-state index contributed by atoms with van der Waals surface area (Å²) in [5, 5.41) is 9.18. The van der Waals surface area contributed by atoms with Crippen LogP contribution in [0.3, 0.4) is 0 Å². The maximum Gasteiger partial charge on any atom is 0.248 e. The first-order valence-corrected chi connectivity index (χ1v) is 7.04. The van der Waals surface area contributed by atoms with Gasteiger partial charge in [-0.05, 0) is 32.1 Å². The fraction of sp³-hybridized carbons (Fsp3) is 0.929. The van der Waals surface area contributed by atoms with Crippen LogP contribution in [0.5, 0.6) is 0 Å². The van der Waals surface area contributed by atoms with Gasteiger partial charge in [-0.1, -0.05) is 19.8 Å². The first-order chi connectivity index (χ1) is 8.50. The van der Waals surface area contributed by atoms with E-state index in [1.54, 1.807) is 18.9 Å². The van der Waals surface area contributed by atoms with Crippen molar-refractivity contribution in [1.29, 1.82) is 0 Å². The summed E-state index contributed by atoms with van der Waals surface area (Å²) in [6.45, 7) is 4.69. The van der Waals surface area contributed by atoms with Crippen molar-refractivity contribution in [3.63, 3.8) is 0 Å². The number of carbonyl (C=O) groups is 1. The molecule has 1 saturated carbocycles. The minimum Gasteiger partial charge on any atom is -0.393 e. The van der Waals surface area contributed by atoms with Gasteiger partial charge in [-0.3, -0.25) is 4.79 Å². The van der Waals surface area contributed by atoms with Crippen molar-refractivity contribution < 1.29 is 14.6 Å². The molecule has 0 saturated heterocycles. The van der Waals surface area contributed by atoms with E-state index in [0.29, 0.717) is 18.9 Å². The molecule has 0 bridgehead atoms. The van der Waals surface area contributed by atoms with Gasteiger partial charge in [-0.15, -0.1) is 0 Å². The van der Waals surface area contributed by atoms with Crippen LogP contribution < -0.4 is 0 Å². The Morgan fingerprint density at radius 2 is 2.11 bits per heavy atom. The highest BCUT2D eigenvalue weighted by atomic mass is 16.5. The van der Waals surface area contributed by atoms with Crippen molar-refractivity contribution in [3.05, 3.63) is 0 Å². The van der Waals surface area contributed by atoms with Crippen LogP contribution >= 0.6 is 0 Å². The van der Waals surface area contributed by atoms with E-state index in [4.69, 9.17) is 4.74 Å².